The van der Waals surface area contributed by atoms with E-state index in [2.05, 4.69) is 15.6 Å². The molecule has 122 valence electrons. The maximum absolute atomic E-state index is 12.5. The molecule has 0 saturated carbocycles. The van der Waals surface area contributed by atoms with Gasteiger partial charge in [0.15, 0.2) is 0 Å². The molecule has 1 aromatic rings. The maximum Gasteiger partial charge on any atom is 0.319 e. The van der Waals surface area contributed by atoms with Crippen molar-refractivity contribution in [2.24, 2.45) is 0 Å². The van der Waals surface area contributed by atoms with E-state index < -0.39 is 12.5 Å². The third-order valence-corrected chi connectivity index (χ3v) is 4.15. The first-order valence-electron chi connectivity index (χ1n) is 7.14. The van der Waals surface area contributed by atoms with Crippen LogP contribution in [0.3, 0.4) is 0 Å². The first-order chi connectivity index (χ1) is 10.5. The Kier molecular flexibility index (Phi) is 5.90. The second-order valence-electron chi connectivity index (χ2n) is 5.31. The van der Waals surface area contributed by atoms with Crippen LogP contribution < -0.4 is 10.6 Å². The minimum atomic E-state index is -2.35. The van der Waals surface area contributed by atoms with E-state index in [1.807, 2.05) is 0 Å². The van der Waals surface area contributed by atoms with Gasteiger partial charge in [-0.05, 0) is 31.9 Å². The number of likely N-dealkylation sites (tertiary alicyclic amines) is 1. The van der Waals surface area contributed by atoms with Gasteiger partial charge in [0.25, 0.3) is 6.43 Å². The second kappa shape index (κ2) is 7.69. The molecule has 1 unspecified atom stereocenters. The summed E-state index contributed by atoms with van der Waals surface area (Å²) in [4.78, 5) is 17.5. The molecule has 2 rings (SSSR count). The zero-order chi connectivity index (χ0) is 16.1. The summed E-state index contributed by atoms with van der Waals surface area (Å²) >= 11 is 5.93. The van der Waals surface area contributed by atoms with Gasteiger partial charge in [-0.15, -0.1) is 0 Å². The molecule has 0 radical (unpaired) electrons. The Bertz CT molecular complexity index is 530. The molecule has 1 atom stereocenters. The van der Waals surface area contributed by atoms with Crippen LogP contribution in [0.25, 0.3) is 0 Å². The molecule has 1 aliphatic rings. The number of hydrogen-bond acceptors (Lipinski definition) is 3. The number of rotatable bonds is 5. The number of carbonyl (C=O) groups excluding carboxylic acids is 1. The van der Waals surface area contributed by atoms with Crippen LogP contribution in [-0.4, -0.2) is 48.0 Å². The van der Waals surface area contributed by atoms with E-state index in [4.69, 9.17) is 11.6 Å². The van der Waals surface area contributed by atoms with Gasteiger partial charge in [-0.3, -0.25) is 9.88 Å². The fourth-order valence-electron chi connectivity index (χ4n) is 2.55. The quantitative estimate of drug-likeness (QED) is 0.871. The van der Waals surface area contributed by atoms with Gasteiger partial charge in [0.1, 0.15) is 0 Å². The highest BCUT2D eigenvalue weighted by atomic mass is 35.5. The fourth-order valence-corrected chi connectivity index (χ4v) is 2.70. The lowest BCUT2D eigenvalue weighted by Gasteiger charge is -2.24. The zero-order valence-corrected chi connectivity index (χ0v) is 13.0. The lowest BCUT2D eigenvalue weighted by molar-refractivity contribution is 0.0826. The van der Waals surface area contributed by atoms with Gasteiger partial charge in [-0.25, -0.2) is 13.6 Å². The smallest absolute Gasteiger partial charge is 0.319 e. The van der Waals surface area contributed by atoms with Crippen molar-refractivity contribution in [3.63, 3.8) is 0 Å². The largest absolute Gasteiger partial charge is 0.336 e. The normalized spacial score (nSPS) is 18.7. The number of aromatic nitrogens is 1. The van der Waals surface area contributed by atoms with Crippen LogP contribution in [0.4, 0.5) is 19.3 Å². The standard InChI is InChI=1S/C14H19ClF2N4O/c1-9-11(15)6-18-7-12(9)20-14(22)19-5-10-3-2-4-21(10)8-13(16)17/h6-7,10,13H,2-5,8H2,1H3,(H2,19,20,22). The van der Waals surface area contributed by atoms with Crippen LogP contribution in [-0.2, 0) is 0 Å². The number of anilines is 1. The number of pyridine rings is 1. The Morgan fingerprint density at radius 3 is 3.05 bits per heavy atom. The molecule has 0 aliphatic carbocycles. The van der Waals surface area contributed by atoms with Crippen LogP contribution in [0.15, 0.2) is 12.4 Å². The van der Waals surface area contributed by atoms with Gasteiger partial charge in [-0.1, -0.05) is 11.6 Å². The average Bonchev–Trinajstić information content (AvgIpc) is 2.88. The number of amides is 2. The molecule has 0 bridgehead atoms. The van der Waals surface area contributed by atoms with E-state index in [9.17, 15) is 13.6 Å². The Morgan fingerprint density at radius 2 is 2.32 bits per heavy atom. The van der Waals surface area contributed by atoms with Crippen molar-refractivity contribution in [2.45, 2.75) is 32.2 Å². The maximum atomic E-state index is 12.5. The van der Waals surface area contributed by atoms with Crippen molar-refractivity contribution in [3.8, 4) is 0 Å². The average molecular weight is 333 g/mol. The number of nitrogens with zero attached hydrogens (tertiary/aromatic N) is 2. The molecule has 0 aromatic carbocycles. The third kappa shape index (κ3) is 4.51. The first-order valence-corrected chi connectivity index (χ1v) is 7.52. The molecule has 0 spiro atoms. The number of hydrogen-bond donors (Lipinski definition) is 2. The summed E-state index contributed by atoms with van der Waals surface area (Å²) in [6.07, 6.45) is 2.35. The molecular weight excluding hydrogens is 314 g/mol. The number of carbonyl (C=O) groups is 1. The molecule has 1 aliphatic heterocycles. The number of alkyl halides is 2. The second-order valence-corrected chi connectivity index (χ2v) is 5.72. The van der Waals surface area contributed by atoms with Crippen molar-refractivity contribution in [1.29, 1.82) is 0 Å². The highest BCUT2D eigenvalue weighted by molar-refractivity contribution is 6.31. The van der Waals surface area contributed by atoms with Crippen molar-refractivity contribution in [2.75, 3.05) is 25.0 Å². The topological polar surface area (TPSA) is 57.3 Å². The predicted molar refractivity (Wildman–Crippen MR) is 81.6 cm³/mol. The first kappa shape index (κ1) is 16.9. The third-order valence-electron chi connectivity index (χ3n) is 3.77. The van der Waals surface area contributed by atoms with E-state index in [1.165, 1.54) is 12.4 Å². The van der Waals surface area contributed by atoms with Crippen LogP contribution in [0.1, 0.15) is 18.4 Å². The van der Waals surface area contributed by atoms with Crippen LogP contribution in [0.2, 0.25) is 5.02 Å². The van der Waals surface area contributed by atoms with Gasteiger partial charge in [0, 0.05) is 18.8 Å². The highest BCUT2D eigenvalue weighted by Crippen LogP contribution is 2.21. The van der Waals surface area contributed by atoms with E-state index in [0.29, 0.717) is 23.8 Å². The Morgan fingerprint density at radius 1 is 1.55 bits per heavy atom. The minimum Gasteiger partial charge on any atom is -0.336 e. The van der Waals surface area contributed by atoms with Gasteiger partial charge in [0.05, 0.1) is 23.5 Å². The summed E-state index contributed by atoms with van der Waals surface area (Å²) < 4.78 is 24.9. The molecule has 2 amide bonds. The molecule has 5 nitrogen and oxygen atoms in total. The summed E-state index contributed by atoms with van der Waals surface area (Å²) in [6.45, 7) is 2.52. The van der Waals surface area contributed by atoms with E-state index in [-0.39, 0.29) is 12.6 Å². The van der Waals surface area contributed by atoms with E-state index in [1.54, 1.807) is 11.8 Å². The SMILES string of the molecule is Cc1c(Cl)cncc1NC(=O)NCC1CCCN1CC(F)F. The predicted octanol–water partition coefficient (Wildman–Crippen LogP) is 2.89. The number of halogens is 3. The number of urea groups is 1. The summed E-state index contributed by atoms with van der Waals surface area (Å²) in [5, 5.41) is 5.85. The highest BCUT2D eigenvalue weighted by Gasteiger charge is 2.26. The van der Waals surface area contributed by atoms with Gasteiger partial charge in [0.2, 0.25) is 0 Å². The summed E-state index contributed by atoms with van der Waals surface area (Å²) in [5.41, 5.74) is 1.26. The zero-order valence-electron chi connectivity index (χ0n) is 12.3. The van der Waals surface area contributed by atoms with Gasteiger partial charge < -0.3 is 10.6 Å². The van der Waals surface area contributed by atoms with E-state index >= 15 is 0 Å². The lowest BCUT2D eigenvalue weighted by Crippen LogP contribution is -2.43. The fraction of sp³-hybridized carbons (Fsp3) is 0.571. The molecule has 1 aromatic heterocycles. The molecule has 22 heavy (non-hydrogen) atoms. The molecule has 1 saturated heterocycles. The number of nitrogens with one attached hydrogen (secondary N) is 2. The Hall–Kier alpha value is -1.47. The molecule has 2 heterocycles. The molecule has 2 N–H and O–H groups in total. The van der Waals surface area contributed by atoms with Crippen molar-refractivity contribution < 1.29 is 13.6 Å². The summed E-state index contributed by atoms with van der Waals surface area (Å²) in [6, 6.07) is -0.436. The van der Waals surface area contributed by atoms with Crippen molar-refractivity contribution >= 4 is 23.3 Å². The van der Waals surface area contributed by atoms with Crippen molar-refractivity contribution in [3.05, 3.63) is 23.0 Å². The van der Waals surface area contributed by atoms with Gasteiger partial charge >= 0.3 is 6.03 Å². The molecular formula is C14H19ClF2N4O. The monoisotopic (exact) mass is 332 g/mol. The van der Waals surface area contributed by atoms with Gasteiger partial charge in [-0.2, -0.15) is 0 Å². The summed E-state index contributed by atoms with van der Waals surface area (Å²) in [7, 11) is 0. The van der Waals surface area contributed by atoms with Crippen LogP contribution in [0, 0.1) is 6.92 Å². The van der Waals surface area contributed by atoms with Crippen LogP contribution >= 0.6 is 11.6 Å². The summed E-state index contributed by atoms with van der Waals surface area (Å²) in [5.74, 6) is 0. The van der Waals surface area contributed by atoms with E-state index in [0.717, 1.165) is 18.4 Å². The Labute approximate surface area is 133 Å². The van der Waals surface area contributed by atoms with Crippen molar-refractivity contribution in [1.82, 2.24) is 15.2 Å². The Balaban J connectivity index is 1.83. The lowest BCUT2D eigenvalue weighted by atomic mass is 10.2. The minimum absolute atomic E-state index is 0.0432. The molecule has 8 heteroatoms. The molecule has 1 fully saturated rings. The van der Waals surface area contributed by atoms with Crippen LogP contribution in [0.5, 0.6) is 0 Å².